The van der Waals surface area contributed by atoms with Crippen LogP contribution in [0.25, 0.3) is 0 Å². The Kier molecular flexibility index (Phi) is 18.7. The molecule has 0 unspecified atom stereocenters. The number of hydrogen-bond donors (Lipinski definition) is 3. The molecule has 4 radical (unpaired) electrons. The van der Waals surface area contributed by atoms with Crippen molar-refractivity contribution >= 4 is 97.4 Å². The largest absolute Gasteiger partial charge is 0.541 e. The average molecular weight is 1150 g/mol. The number of β-lactam (4-membered cyclic amide) rings is 1. The van der Waals surface area contributed by atoms with E-state index in [1.54, 1.807) is 61.0 Å². The molecule has 4 aromatic rings. The van der Waals surface area contributed by atoms with E-state index in [4.69, 9.17) is 60.9 Å². The first-order valence-electron chi connectivity index (χ1n) is 25.6. The fraction of sp³-hybridized carbons (Fsp3) is 0.444. The lowest BCUT2D eigenvalue weighted by atomic mass is 9.70. The van der Waals surface area contributed by atoms with E-state index < -0.39 is 64.6 Å². The summed E-state index contributed by atoms with van der Waals surface area (Å²) in [6, 6.07) is 17.1. The molecule has 3 atom stereocenters. The fourth-order valence-corrected chi connectivity index (χ4v) is 12.1. The van der Waals surface area contributed by atoms with E-state index in [-0.39, 0.29) is 57.4 Å². The third-order valence-electron chi connectivity index (χ3n) is 14.3. The molecule has 3 N–H and O–H groups in total. The number of nitrogens with zero attached hydrogens (tertiary/aromatic N) is 4. The van der Waals surface area contributed by atoms with Crippen molar-refractivity contribution in [3.63, 3.8) is 0 Å². The number of benzene rings is 3. The minimum atomic E-state index is -1.33. The second-order valence-electron chi connectivity index (χ2n) is 21.2. The molecule has 4 amide bonds. The molecule has 3 aromatic carbocycles. The van der Waals surface area contributed by atoms with E-state index in [0.717, 1.165) is 61.4 Å². The van der Waals surface area contributed by atoms with Gasteiger partial charge in [-0.25, -0.2) is 19.4 Å². The van der Waals surface area contributed by atoms with Gasteiger partial charge in [-0.2, -0.15) is 0 Å². The van der Waals surface area contributed by atoms with Crippen LogP contribution in [0.3, 0.4) is 0 Å². The van der Waals surface area contributed by atoms with Crippen molar-refractivity contribution in [2.24, 2.45) is 16.5 Å². The Morgan fingerprint density at radius 1 is 0.900 bits per heavy atom. The van der Waals surface area contributed by atoms with Gasteiger partial charge in [0.25, 0.3) is 17.7 Å². The smallest absolute Gasteiger partial charge is 0.413 e. The van der Waals surface area contributed by atoms with Crippen LogP contribution in [-0.4, -0.2) is 148 Å². The Balaban J connectivity index is 0.922. The predicted molar refractivity (Wildman–Crippen MR) is 298 cm³/mol. The van der Waals surface area contributed by atoms with Crippen LogP contribution < -0.4 is 34.9 Å². The van der Waals surface area contributed by atoms with Gasteiger partial charge in [0.15, 0.2) is 22.3 Å². The second-order valence-corrected chi connectivity index (χ2v) is 23.5. The quantitative estimate of drug-likeness (QED) is 0.0254. The number of hydrogen-bond acceptors (Lipinski definition) is 18. The standard InChI is InChI=1S/C54H60B2ClN7O14S2/c1-30(2)43(50(69)77-56)78-62-40(37-28-80-51(59-37)61-52(70)75-53(3,4)5)46(66)60-41-47(67)63-42(49(68)76-55)33(27-79-48(41)63)24-64-21-18-54(19-22-64,20-23-64)29-58-45(65)36-16-17-38(73-25-31-8-12-34(71-6)13-9-31)44(39(36)57)74-26-32-10-14-35(72-7)15-11-32/h8-17,28,30,41,43,48H,18-27,29H2,1-7H3,(H2-,58,59,60,61,65,66,70)/p+1/b62-40-/t41-,43+,48-,54?,64?/m1/s1. The van der Waals surface area contributed by atoms with Crippen LogP contribution in [0.15, 0.2) is 82.5 Å². The first-order valence-corrected chi connectivity index (χ1v) is 28.0. The lowest BCUT2D eigenvalue weighted by molar-refractivity contribution is -0.941. The van der Waals surface area contributed by atoms with Gasteiger partial charge in [-0.1, -0.05) is 54.9 Å². The predicted octanol–water partition coefficient (Wildman–Crippen LogP) is 6.40. The number of rotatable bonds is 22. The van der Waals surface area contributed by atoms with Gasteiger partial charge in [-0.05, 0) is 68.3 Å². The number of aromatic nitrogens is 1. The molecular formula is C54H61B2ClN7O14S2+. The zero-order valence-electron chi connectivity index (χ0n) is 45.3. The van der Waals surface area contributed by atoms with Gasteiger partial charge >= 0.3 is 34.1 Å². The monoisotopic (exact) mass is 1150 g/mol. The van der Waals surface area contributed by atoms with Crippen LogP contribution in [0, 0.1) is 11.3 Å². The van der Waals surface area contributed by atoms with Gasteiger partial charge in [0.1, 0.15) is 59.7 Å². The lowest BCUT2D eigenvalue weighted by Gasteiger charge is -2.56. The maximum atomic E-state index is 14.1. The molecule has 4 fully saturated rings. The van der Waals surface area contributed by atoms with Crippen molar-refractivity contribution in [2.45, 2.75) is 90.2 Å². The summed E-state index contributed by atoms with van der Waals surface area (Å²) in [5.74, 6) is -1.89. The number of amides is 4. The van der Waals surface area contributed by atoms with E-state index in [9.17, 15) is 28.8 Å². The Morgan fingerprint density at radius 2 is 1.52 bits per heavy atom. The Hall–Kier alpha value is -6.95. The van der Waals surface area contributed by atoms with E-state index in [1.165, 1.54) is 22.0 Å². The minimum Gasteiger partial charge on any atom is -0.541 e. The molecule has 80 heavy (non-hydrogen) atoms. The molecule has 26 heteroatoms. The molecule has 420 valence electrons. The zero-order valence-corrected chi connectivity index (χ0v) is 47.7. The van der Waals surface area contributed by atoms with Crippen LogP contribution in [0.1, 0.15) is 81.1 Å². The summed E-state index contributed by atoms with van der Waals surface area (Å²) in [5.41, 5.74) is 1.16. The number of thioether (sulfide) groups is 1. The zero-order chi connectivity index (χ0) is 57.5. The third kappa shape index (κ3) is 13.6. The number of fused-ring (bicyclic) bond motifs is 4. The Bertz CT molecular complexity index is 3020. The van der Waals surface area contributed by atoms with Gasteiger partial charge in [0.05, 0.1) is 44.4 Å². The number of anilines is 1. The van der Waals surface area contributed by atoms with E-state index in [0.29, 0.717) is 46.1 Å². The van der Waals surface area contributed by atoms with Gasteiger partial charge < -0.3 is 52.9 Å². The van der Waals surface area contributed by atoms with Gasteiger partial charge in [-0.15, -0.1) is 23.1 Å². The number of carbonyl (C=O) groups is 6. The van der Waals surface area contributed by atoms with Crippen molar-refractivity contribution < 1.29 is 71.1 Å². The van der Waals surface area contributed by atoms with Gasteiger partial charge in [0, 0.05) is 53.8 Å². The summed E-state index contributed by atoms with van der Waals surface area (Å²) in [6.45, 7) is 11.8. The number of nitrogens with one attached hydrogen (secondary N) is 3. The minimum absolute atomic E-state index is 0.0185. The van der Waals surface area contributed by atoms with E-state index in [1.807, 2.05) is 48.5 Å². The molecule has 9 rings (SSSR count). The summed E-state index contributed by atoms with van der Waals surface area (Å²) in [6.07, 6.45) is 0.220. The van der Waals surface area contributed by atoms with Crippen molar-refractivity contribution in [1.29, 1.82) is 0 Å². The summed E-state index contributed by atoms with van der Waals surface area (Å²) < 4.78 is 38.2. The first-order chi connectivity index (χ1) is 38.2. The number of oxime groups is 1. The van der Waals surface area contributed by atoms with Gasteiger partial charge in [0.2, 0.25) is 6.10 Å². The van der Waals surface area contributed by atoms with E-state index >= 15 is 0 Å². The first kappa shape index (κ1) is 59.2. The number of halogens is 1. The van der Waals surface area contributed by atoms with Crippen molar-refractivity contribution in [2.75, 3.05) is 58.0 Å². The average Bonchev–Trinajstić information content (AvgIpc) is 3.91. The lowest BCUT2D eigenvalue weighted by Crippen LogP contribution is -2.71. The number of methoxy groups -OCH3 is 2. The number of ether oxygens (including phenoxy) is 5. The molecule has 0 spiro atoms. The molecule has 1 aromatic heterocycles. The van der Waals surface area contributed by atoms with Crippen LogP contribution in [0.2, 0.25) is 5.02 Å². The number of quaternary nitrogens is 1. The highest BCUT2D eigenvalue weighted by atomic mass is 35.5. The number of carbonyl (C=O) groups excluding carboxylic acids is 6. The highest BCUT2D eigenvalue weighted by Gasteiger charge is 2.56. The molecule has 0 saturated carbocycles. The molecule has 2 bridgehead atoms. The SMILES string of the molecule is [B]OC(=O)C1=C(C[N+]23CCC(CNC(=O)c4ccc(OCc5ccc(OC)cc5)c(OCc5ccc(OC)cc5)c4Cl)(CC2)CC3)CS[C@@H]2[C@H](NC(=O)/C(=N\O[C@H](C(=O)O[B])C(C)C)c3csc(NC(=O)OC(C)(C)C)n3)C(=O)N12. The molecule has 0 aliphatic carbocycles. The molecule has 21 nitrogen and oxygen atoms in total. The van der Waals surface area contributed by atoms with Crippen LogP contribution >= 0.6 is 34.7 Å². The van der Waals surface area contributed by atoms with Crippen molar-refractivity contribution in [1.82, 2.24) is 20.5 Å². The van der Waals surface area contributed by atoms with Crippen LogP contribution in [-0.2, 0) is 51.3 Å². The maximum Gasteiger partial charge on any atom is 0.413 e. The van der Waals surface area contributed by atoms with Gasteiger partial charge in [-0.3, -0.25) is 24.6 Å². The van der Waals surface area contributed by atoms with Crippen molar-refractivity contribution in [3.05, 3.63) is 105 Å². The number of thiazole rings is 1. The Morgan fingerprint density at radius 3 is 2.10 bits per heavy atom. The molecule has 4 saturated heterocycles. The highest BCUT2D eigenvalue weighted by molar-refractivity contribution is 8.00. The highest BCUT2D eigenvalue weighted by Crippen LogP contribution is 2.47. The fourth-order valence-electron chi connectivity index (χ4n) is 9.83. The molecule has 5 aliphatic rings. The van der Waals surface area contributed by atoms with Crippen LogP contribution in [0.4, 0.5) is 9.93 Å². The summed E-state index contributed by atoms with van der Waals surface area (Å²) >= 11 is 9.34. The summed E-state index contributed by atoms with van der Waals surface area (Å²) in [4.78, 5) is 91.9. The third-order valence-corrected chi connectivity index (χ3v) is 16.8. The molecular weight excluding hydrogens is 1090 g/mol. The summed E-state index contributed by atoms with van der Waals surface area (Å²) in [7, 11) is 13.8. The summed E-state index contributed by atoms with van der Waals surface area (Å²) in [5, 5.41) is 13.2. The molecule has 5 aliphatic heterocycles. The normalized spacial score (nSPS) is 20.8. The second kappa shape index (κ2) is 25.2. The van der Waals surface area contributed by atoms with Crippen LogP contribution in [0.5, 0.6) is 23.0 Å². The Labute approximate surface area is 479 Å². The molecule has 6 heterocycles. The maximum absolute atomic E-state index is 14.1. The van der Waals surface area contributed by atoms with E-state index in [2.05, 4.69) is 30.7 Å². The number of piperidine rings is 3. The van der Waals surface area contributed by atoms with Crippen molar-refractivity contribution in [3.8, 4) is 23.0 Å². The topological polar surface area (TPSA) is 241 Å².